The molecule has 5 heteroatoms. The van der Waals surface area contributed by atoms with Crippen LogP contribution in [0.1, 0.15) is 13.3 Å². The van der Waals surface area contributed by atoms with Crippen LogP contribution in [0.2, 0.25) is 0 Å². The van der Waals surface area contributed by atoms with Gasteiger partial charge in [0.1, 0.15) is 0 Å². The second-order valence-electron chi connectivity index (χ2n) is 3.26. The molecule has 1 rings (SSSR count). The summed E-state index contributed by atoms with van der Waals surface area (Å²) in [5, 5.41) is 11.6. The number of aliphatic hydroxyl groups excluding tert-OH is 1. The van der Waals surface area contributed by atoms with E-state index in [1.165, 1.54) is 6.07 Å². The molecule has 0 amide bonds. The van der Waals surface area contributed by atoms with Crippen molar-refractivity contribution in [2.24, 2.45) is 0 Å². The molecule has 4 N–H and O–H groups in total. The number of nitrogen functional groups attached to an aromatic ring is 1. The summed E-state index contributed by atoms with van der Waals surface area (Å²) in [4.78, 5) is 0. The maximum atomic E-state index is 13.3. The lowest BCUT2D eigenvalue weighted by Gasteiger charge is -2.17. The molecule has 15 heavy (non-hydrogen) atoms. The smallest absolute Gasteiger partial charge is 0.183 e. The number of anilines is 2. The van der Waals surface area contributed by atoms with Gasteiger partial charge < -0.3 is 16.2 Å². The molecule has 0 saturated carbocycles. The highest BCUT2D eigenvalue weighted by molar-refractivity contribution is 5.67. The van der Waals surface area contributed by atoms with Crippen molar-refractivity contribution in [2.45, 2.75) is 19.4 Å². The van der Waals surface area contributed by atoms with Gasteiger partial charge in [-0.15, -0.1) is 0 Å². The third-order valence-electron chi connectivity index (χ3n) is 2.19. The standard InChI is InChI=1S/C10H14F2N2O/c1-2-6(5-15)14-10-8(13)4-3-7(11)9(10)12/h3-4,6,14-15H,2,5,13H2,1H3. The molecule has 0 aromatic heterocycles. The predicted molar refractivity (Wildman–Crippen MR) is 55.6 cm³/mol. The fraction of sp³-hybridized carbons (Fsp3) is 0.400. The number of nitrogens with one attached hydrogen (secondary N) is 1. The van der Waals surface area contributed by atoms with Crippen LogP contribution in [0.3, 0.4) is 0 Å². The van der Waals surface area contributed by atoms with Crippen LogP contribution in [-0.4, -0.2) is 17.8 Å². The Labute approximate surface area is 86.9 Å². The van der Waals surface area contributed by atoms with Gasteiger partial charge >= 0.3 is 0 Å². The fourth-order valence-electron chi connectivity index (χ4n) is 1.19. The molecule has 1 atom stereocenters. The molecular formula is C10H14F2N2O. The molecule has 0 aliphatic rings. The Morgan fingerprint density at radius 3 is 2.67 bits per heavy atom. The lowest BCUT2D eigenvalue weighted by Crippen LogP contribution is -2.24. The molecule has 0 radical (unpaired) electrons. The number of halogens is 2. The molecule has 0 aliphatic heterocycles. The van der Waals surface area contributed by atoms with Crippen molar-refractivity contribution >= 4 is 11.4 Å². The largest absolute Gasteiger partial charge is 0.397 e. The van der Waals surface area contributed by atoms with Gasteiger partial charge in [-0.25, -0.2) is 8.78 Å². The summed E-state index contributed by atoms with van der Waals surface area (Å²) in [5.74, 6) is -1.97. The number of rotatable bonds is 4. The third-order valence-corrected chi connectivity index (χ3v) is 2.19. The summed E-state index contributed by atoms with van der Waals surface area (Å²) in [6.07, 6.45) is 0.589. The van der Waals surface area contributed by atoms with Gasteiger partial charge in [0.2, 0.25) is 0 Å². The van der Waals surface area contributed by atoms with Crippen molar-refractivity contribution < 1.29 is 13.9 Å². The molecule has 0 fully saturated rings. The first kappa shape index (κ1) is 11.7. The molecule has 3 nitrogen and oxygen atoms in total. The second-order valence-corrected chi connectivity index (χ2v) is 3.26. The minimum absolute atomic E-state index is 0.0871. The highest BCUT2D eigenvalue weighted by Gasteiger charge is 2.14. The highest BCUT2D eigenvalue weighted by atomic mass is 19.2. The number of nitrogens with two attached hydrogens (primary N) is 1. The van der Waals surface area contributed by atoms with Gasteiger partial charge in [0, 0.05) is 6.04 Å². The van der Waals surface area contributed by atoms with E-state index in [9.17, 15) is 8.78 Å². The maximum Gasteiger partial charge on any atom is 0.183 e. The van der Waals surface area contributed by atoms with E-state index in [1.807, 2.05) is 6.92 Å². The van der Waals surface area contributed by atoms with Crippen molar-refractivity contribution in [3.63, 3.8) is 0 Å². The minimum atomic E-state index is -1.01. The van der Waals surface area contributed by atoms with E-state index in [2.05, 4.69) is 5.32 Å². The molecule has 0 spiro atoms. The Bertz CT molecular complexity index is 340. The van der Waals surface area contributed by atoms with Crippen LogP contribution in [0, 0.1) is 11.6 Å². The van der Waals surface area contributed by atoms with Crippen LogP contribution in [0.25, 0.3) is 0 Å². The number of hydrogen-bond donors (Lipinski definition) is 3. The first-order chi connectivity index (χ1) is 7.10. The maximum absolute atomic E-state index is 13.3. The van der Waals surface area contributed by atoms with Crippen molar-refractivity contribution in [1.29, 1.82) is 0 Å². The zero-order chi connectivity index (χ0) is 11.4. The van der Waals surface area contributed by atoms with E-state index < -0.39 is 11.6 Å². The number of aliphatic hydroxyl groups is 1. The van der Waals surface area contributed by atoms with Crippen molar-refractivity contribution in [3.8, 4) is 0 Å². The first-order valence-electron chi connectivity index (χ1n) is 4.71. The van der Waals surface area contributed by atoms with Crippen molar-refractivity contribution in [1.82, 2.24) is 0 Å². The Kier molecular flexibility index (Phi) is 3.85. The van der Waals surface area contributed by atoms with E-state index in [4.69, 9.17) is 10.8 Å². The average molecular weight is 216 g/mol. The topological polar surface area (TPSA) is 58.3 Å². The SMILES string of the molecule is CCC(CO)Nc1c(N)ccc(F)c1F. The van der Waals surface area contributed by atoms with Crippen LogP contribution in [0.15, 0.2) is 12.1 Å². The average Bonchev–Trinajstić information content (AvgIpc) is 2.24. The van der Waals surface area contributed by atoms with E-state index >= 15 is 0 Å². The van der Waals surface area contributed by atoms with Gasteiger partial charge in [-0.1, -0.05) is 6.92 Å². The fourth-order valence-corrected chi connectivity index (χ4v) is 1.19. The Hall–Kier alpha value is -1.36. The van der Waals surface area contributed by atoms with Crippen LogP contribution in [0.5, 0.6) is 0 Å². The van der Waals surface area contributed by atoms with Gasteiger partial charge in [0.15, 0.2) is 11.6 Å². The van der Waals surface area contributed by atoms with Gasteiger partial charge in [0.05, 0.1) is 18.0 Å². The van der Waals surface area contributed by atoms with Crippen LogP contribution in [0.4, 0.5) is 20.2 Å². The summed E-state index contributed by atoms with van der Waals surface area (Å²) in [7, 11) is 0. The van der Waals surface area contributed by atoms with E-state index in [0.29, 0.717) is 6.42 Å². The summed E-state index contributed by atoms with van der Waals surface area (Å²) >= 11 is 0. The van der Waals surface area contributed by atoms with Gasteiger partial charge in [-0.05, 0) is 18.6 Å². The van der Waals surface area contributed by atoms with E-state index in [-0.39, 0.29) is 24.0 Å². The third kappa shape index (κ3) is 2.56. The molecule has 1 aromatic rings. The predicted octanol–water partition coefficient (Wildman–Crippen LogP) is 1.73. The van der Waals surface area contributed by atoms with E-state index in [0.717, 1.165) is 6.07 Å². The number of hydrogen-bond acceptors (Lipinski definition) is 3. The Morgan fingerprint density at radius 2 is 2.13 bits per heavy atom. The summed E-state index contributed by atoms with van der Waals surface area (Å²) in [5.41, 5.74) is 5.54. The zero-order valence-corrected chi connectivity index (χ0v) is 8.43. The highest BCUT2D eigenvalue weighted by Crippen LogP contribution is 2.25. The zero-order valence-electron chi connectivity index (χ0n) is 8.43. The summed E-state index contributed by atoms with van der Waals surface area (Å²) < 4.78 is 26.2. The summed E-state index contributed by atoms with van der Waals surface area (Å²) in [6, 6.07) is 1.92. The molecular weight excluding hydrogens is 202 g/mol. The minimum Gasteiger partial charge on any atom is -0.397 e. The quantitative estimate of drug-likeness (QED) is 0.672. The van der Waals surface area contributed by atoms with E-state index in [1.54, 1.807) is 0 Å². The van der Waals surface area contributed by atoms with Crippen LogP contribution < -0.4 is 11.1 Å². The molecule has 0 heterocycles. The number of benzene rings is 1. The Balaban J connectivity index is 2.97. The molecule has 0 aliphatic carbocycles. The molecule has 1 unspecified atom stereocenters. The monoisotopic (exact) mass is 216 g/mol. The Morgan fingerprint density at radius 1 is 1.47 bits per heavy atom. The normalized spacial score (nSPS) is 12.5. The lowest BCUT2D eigenvalue weighted by molar-refractivity contribution is 0.271. The van der Waals surface area contributed by atoms with Gasteiger partial charge in [-0.3, -0.25) is 0 Å². The molecule has 84 valence electrons. The van der Waals surface area contributed by atoms with Gasteiger partial charge in [0.25, 0.3) is 0 Å². The van der Waals surface area contributed by atoms with Gasteiger partial charge in [-0.2, -0.15) is 0 Å². The van der Waals surface area contributed by atoms with Crippen molar-refractivity contribution in [3.05, 3.63) is 23.8 Å². The molecule has 1 aromatic carbocycles. The molecule has 0 saturated heterocycles. The summed E-state index contributed by atoms with van der Waals surface area (Å²) in [6.45, 7) is 1.66. The van der Waals surface area contributed by atoms with Crippen LogP contribution in [-0.2, 0) is 0 Å². The van der Waals surface area contributed by atoms with Crippen LogP contribution >= 0.6 is 0 Å². The second kappa shape index (κ2) is 4.93. The molecule has 0 bridgehead atoms. The van der Waals surface area contributed by atoms with Crippen molar-refractivity contribution in [2.75, 3.05) is 17.7 Å². The first-order valence-corrected chi connectivity index (χ1v) is 4.71. The lowest BCUT2D eigenvalue weighted by atomic mass is 10.2.